The van der Waals surface area contributed by atoms with Gasteiger partial charge in [0, 0.05) is 21.7 Å². The van der Waals surface area contributed by atoms with Crippen LogP contribution in [0.25, 0.3) is 11.1 Å². The standard InChI is InChI=1S/C26H23ClF4/c1-3-5-6-19-7-11-20(12-8-19)23-16-15-22(17-24(23)27)26(30,31)25(28,29)21-13-9-18(4-2)10-14-21/h3,7-17H,1,4-6H2,2H3. The molecule has 0 aliphatic carbocycles. The molecule has 0 N–H and O–H groups in total. The second-order valence-electron chi connectivity index (χ2n) is 7.42. The van der Waals surface area contributed by atoms with E-state index in [1.807, 2.05) is 37.3 Å². The van der Waals surface area contributed by atoms with Crippen LogP contribution >= 0.6 is 11.6 Å². The zero-order valence-electron chi connectivity index (χ0n) is 17.1. The molecule has 0 spiro atoms. The molecular weight excluding hydrogens is 424 g/mol. The molecule has 0 bridgehead atoms. The molecule has 0 aliphatic heterocycles. The van der Waals surface area contributed by atoms with Crippen LogP contribution in [0.2, 0.25) is 5.02 Å². The van der Waals surface area contributed by atoms with Crippen molar-refractivity contribution in [3.05, 3.63) is 107 Å². The van der Waals surface area contributed by atoms with E-state index in [2.05, 4.69) is 6.58 Å². The van der Waals surface area contributed by atoms with E-state index in [1.54, 1.807) is 0 Å². The van der Waals surface area contributed by atoms with Gasteiger partial charge < -0.3 is 0 Å². The quantitative estimate of drug-likeness (QED) is 0.240. The molecule has 0 aliphatic rings. The Kier molecular flexibility index (Phi) is 6.90. The summed E-state index contributed by atoms with van der Waals surface area (Å²) in [6, 6.07) is 15.8. The van der Waals surface area contributed by atoms with E-state index in [-0.39, 0.29) is 5.02 Å². The van der Waals surface area contributed by atoms with E-state index < -0.39 is 23.0 Å². The van der Waals surface area contributed by atoms with Gasteiger partial charge in [0.2, 0.25) is 0 Å². The second kappa shape index (κ2) is 9.27. The molecule has 31 heavy (non-hydrogen) atoms. The van der Waals surface area contributed by atoms with Crippen molar-refractivity contribution in [2.75, 3.05) is 0 Å². The molecule has 0 nitrogen and oxygen atoms in total. The molecule has 0 saturated heterocycles. The average Bonchev–Trinajstić information content (AvgIpc) is 2.78. The van der Waals surface area contributed by atoms with Gasteiger partial charge in [-0.1, -0.05) is 85.3 Å². The van der Waals surface area contributed by atoms with Gasteiger partial charge in [-0.15, -0.1) is 6.58 Å². The van der Waals surface area contributed by atoms with E-state index in [0.717, 1.165) is 53.8 Å². The van der Waals surface area contributed by atoms with Gasteiger partial charge in [0.15, 0.2) is 0 Å². The Hall–Kier alpha value is -2.59. The maximum absolute atomic E-state index is 14.9. The molecular formula is C26H23ClF4. The highest BCUT2D eigenvalue weighted by Crippen LogP contribution is 2.50. The lowest BCUT2D eigenvalue weighted by Crippen LogP contribution is -2.35. The van der Waals surface area contributed by atoms with Crippen LogP contribution in [0, 0.1) is 0 Å². The van der Waals surface area contributed by atoms with Crippen molar-refractivity contribution in [3.63, 3.8) is 0 Å². The van der Waals surface area contributed by atoms with Crippen LogP contribution < -0.4 is 0 Å². The second-order valence-corrected chi connectivity index (χ2v) is 7.83. The van der Waals surface area contributed by atoms with Gasteiger partial charge in [0.05, 0.1) is 0 Å². The van der Waals surface area contributed by atoms with Crippen LogP contribution in [0.15, 0.2) is 79.4 Å². The van der Waals surface area contributed by atoms with Crippen molar-refractivity contribution in [3.8, 4) is 11.1 Å². The van der Waals surface area contributed by atoms with E-state index >= 15 is 0 Å². The van der Waals surface area contributed by atoms with E-state index in [1.165, 1.54) is 18.2 Å². The maximum Gasteiger partial charge on any atom is 0.339 e. The van der Waals surface area contributed by atoms with Crippen molar-refractivity contribution in [1.82, 2.24) is 0 Å². The number of alkyl halides is 4. The number of hydrogen-bond donors (Lipinski definition) is 0. The van der Waals surface area contributed by atoms with Gasteiger partial charge in [-0.2, -0.15) is 17.6 Å². The highest BCUT2D eigenvalue weighted by atomic mass is 35.5. The molecule has 0 unspecified atom stereocenters. The van der Waals surface area contributed by atoms with Gasteiger partial charge in [0.1, 0.15) is 0 Å². The molecule has 0 fully saturated rings. The molecule has 0 saturated carbocycles. The topological polar surface area (TPSA) is 0 Å². The van der Waals surface area contributed by atoms with Crippen LogP contribution in [-0.2, 0) is 24.7 Å². The minimum atomic E-state index is -4.42. The van der Waals surface area contributed by atoms with Crippen molar-refractivity contribution >= 4 is 11.6 Å². The van der Waals surface area contributed by atoms with Gasteiger partial charge in [-0.3, -0.25) is 0 Å². The lowest BCUT2D eigenvalue weighted by Gasteiger charge is -2.27. The number of rotatable bonds is 8. The highest BCUT2D eigenvalue weighted by Gasteiger charge is 2.58. The van der Waals surface area contributed by atoms with Crippen LogP contribution in [-0.4, -0.2) is 0 Å². The molecule has 3 aromatic carbocycles. The largest absolute Gasteiger partial charge is 0.339 e. The lowest BCUT2D eigenvalue weighted by molar-refractivity contribution is -0.223. The number of halogens is 5. The van der Waals surface area contributed by atoms with Gasteiger partial charge in [-0.05, 0) is 42.0 Å². The van der Waals surface area contributed by atoms with Crippen molar-refractivity contribution < 1.29 is 17.6 Å². The van der Waals surface area contributed by atoms with E-state index in [0.29, 0.717) is 12.0 Å². The number of benzene rings is 3. The minimum Gasteiger partial charge on any atom is -0.194 e. The van der Waals surface area contributed by atoms with Gasteiger partial charge in [0.25, 0.3) is 0 Å². The van der Waals surface area contributed by atoms with Crippen molar-refractivity contribution in [2.24, 2.45) is 0 Å². The molecule has 3 rings (SSSR count). The molecule has 5 heteroatoms. The van der Waals surface area contributed by atoms with Crippen LogP contribution in [0.5, 0.6) is 0 Å². The summed E-state index contributed by atoms with van der Waals surface area (Å²) in [7, 11) is 0. The third-order valence-corrected chi connectivity index (χ3v) is 5.67. The summed E-state index contributed by atoms with van der Waals surface area (Å²) in [6.45, 7) is 5.55. The van der Waals surface area contributed by atoms with E-state index in [4.69, 9.17) is 11.6 Å². The van der Waals surface area contributed by atoms with E-state index in [9.17, 15) is 17.6 Å². The smallest absolute Gasteiger partial charge is 0.194 e. The lowest BCUT2D eigenvalue weighted by atomic mass is 9.93. The molecule has 0 aromatic heterocycles. The first kappa shape index (κ1) is 23.1. The van der Waals surface area contributed by atoms with Crippen LogP contribution in [0.3, 0.4) is 0 Å². The number of allylic oxidation sites excluding steroid dienone is 1. The van der Waals surface area contributed by atoms with Crippen molar-refractivity contribution in [2.45, 2.75) is 38.0 Å². The zero-order valence-corrected chi connectivity index (χ0v) is 17.9. The third-order valence-electron chi connectivity index (χ3n) is 5.35. The Labute approximate surface area is 185 Å². The Morgan fingerprint density at radius 1 is 0.806 bits per heavy atom. The summed E-state index contributed by atoms with van der Waals surface area (Å²) >= 11 is 6.24. The first-order chi connectivity index (χ1) is 14.7. The normalized spacial score (nSPS) is 12.1. The van der Waals surface area contributed by atoms with Gasteiger partial charge >= 0.3 is 11.8 Å². The summed E-state index contributed by atoms with van der Waals surface area (Å²) < 4.78 is 59.3. The molecule has 3 aromatic rings. The van der Waals surface area contributed by atoms with Gasteiger partial charge in [-0.25, -0.2) is 0 Å². The maximum atomic E-state index is 14.9. The predicted octanol–water partition coefficient (Wildman–Crippen LogP) is 8.57. The molecule has 0 amide bonds. The Balaban J connectivity index is 1.90. The monoisotopic (exact) mass is 446 g/mol. The molecule has 0 atom stereocenters. The summed E-state index contributed by atoms with van der Waals surface area (Å²) in [5.41, 5.74) is 1.58. The molecule has 0 radical (unpaired) electrons. The Morgan fingerprint density at radius 3 is 1.90 bits per heavy atom. The SMILES string of the molecule is C=CCCc1ccc(-c2ccc(C(F)(F)C(F)(F)c3ccc(CC)cc3)cc2Cl)cc1. The Morgan fingerprint density at radius 2 is 1.35 bits per heavy atom. The molecule has 162 valence electrons. The highest BCUT2D eigenvalue weighted by molar-refractivity contribution is 6.33. The number of hydrogen-bond acceptors (Lipinski definition) is 0. The Bertz CT molecular complexity index is 1040. The minimum absolute atomic E-state index is 0.00634. The third kappa shape index (κ3) is 4.69. The predicted molar refractivity (Wildman–Crippen MR) is 119 cm³/mol. The zero-order chi connectivity index (χ0) is 22.6. The van der Waals surface area contributed by atoms with Crippen LogP contribution in [0.4, 0.5) is 17.6 Å². The molecule has 0 heterocycles. The first-order valence-electron chi connectivity index (χ1n) is 10.1. The fourth-order valence-electron chi connectivity index (χ4n) is 3.38. The fraction of sp³-hybridized carbons (Fsp3) is 0.231. The summed E-state index contributed by atoms with van der Waals surface area (Å²) in [5.74, 6) is -8.80. The van der Waals surface area contributed by atoms with Crippen molar-refractivity contribution in [1.29, 1.82) is 0 Å². The average molecular weight is 447 g/mol. The summed E-state index contributed by atoms with van der Waals surface area (Å²) in [5, 5.41) is -0.00634. The fourth-order valence-corrected chi connectivity index (χ4v) is 3.67. The number of aryl methyl sites for hydroxylation is 2. The summed E-state index contributed by atoms with van der Waals surface area (Å²) in [6.07, 6.45) is 4.16. The van der Waals surface area contributed by atoms with Crippen LogP contribution in [0.1, 0.15) is 35.6 Å². The first-order valence-corrected chi connectivity index (χ1v) is 10.4. The summed E-state index contributed by atoms with van der Waals surface area (Å²) in [4.78, 5) is 0.